The fraction of sp³-hybridized carbons (Fsp3) is 0.346. The van der Waals surface area contributed by atoms with Gasteiger partial charge >= 0.3 is 0 Å². The minimum Gasteiger partial charge on any atom is -0.356 e. The molecule has 2 unspecified atom stereocenters. The minimum absolute atomic E-state index is 0.0256. The Morgan fingerprint density at radius 1 is 1.06 bits per heavy atom. The number of aromatic nitrogens is 4. The van der Waals surface area contributed by atoms with Crippen LogP contribution in [0.3, 0.4) is 0 Å². The summed E-state index contributed by atoms with van der Waals surface area (Å²) < 4.78 is 15.7. The zero-order valence-electron chi connectivity index (χ0n) is 19.5. The van der Waals surface area contributed by atoms with E-state index in [1.54, 1.807) is 12.1 Å². The third-order valence-electron chi connectivity index (χ3n) is 7.24. The highest BCUT2D eigenvalue weighted by molar-refractivity contribution is 5.63. The van der Waals surface area contributed by atoms with Crippen molar-refractivity contribution >= 4 is 17.3 Å². The number of benzene rings is 1. The molecule has 1 aromatic carbocycles. The van der Waals surface area contributed by atoms with Crippen molar-refractivity contribution in [2.24, 2.45) is 17.4 Å². The molecule has 2 aliphatic rings. The van der Waals surface area contributed by atoms with Crippen molar-refractivity contribution in [1.82, 2.24) is 19.6 Å². The molecule has 2 fully saturated rings. The van der Waals surface area contributed by atoms with Gasteiger partial charge in [-0.3, -0.25) is 0 Å². The van der Waals surface area contributed by atoms with Crippen molar-refractivity contribution in [3.8, 4) is 11.4 Å². The third-order valence-corrected chi connectivity index (χ3v) is 7.24. The molecule has 3 aromatic heterocycles. The lowest BCUT2D eigenvalue weighted by Crippen LogP contribution is -2.56. The quantitative estimate of drug-likeness (QED) is 0.445. The van der Waals surface area contributed by atoms with Crippen LogP contribution < -0.4 is 21.3 Å². The second kappa shape index (κ2) is 8.90. The molecule has 9 heteroatoms. The van der Waals surface area contributed by atoms with E-state index in [2.05, 4.69) is 14.8 Å². The molecule has 2 atom stereocenters. The lowest BCUT2D eigenvalue weighted by atomic mass is 9.92. The van der Waals surface area contributed by atoms with E-state index >= 15 is 0 Å². The molecule has 4 aromatic rings. The summed E-state index contributed by atoms with van der Waals surface area (Å²) in [5.41, 5.74) is 15.2. The van der Waals surface area contributed by atoms with Crippen molar-refractivity contribution in [2.75, 3.05) is 36.0 Å². The molecular formula is C26H29FN8. The number of imidazole rings is 1. The van der Waals surface area contributed by atoms with Crippen LogP contribution in [0, 0.1) is 11.7 Å². The molecule has 8 nitrogen and oxygen atoms in total. The van der Waals surface area contributed by atoms with E-state index < -0.39 is 0 Å². The van der Waals surface area contributed by atoms with Gasteiger partial charge in [-0.15, -0.1) is 5.10 Å². The Balaban J connectivity index is 1.30. The van der Waals surface area contributed by atoms with Crippen LogP contribution in [0.15, 0.2) is 60.8 Å². The number of rotatable bonds is 6. The topological polar surface area (TPSA) is 102 Å². The second-order valence-electron chi connectivity index (χ2n) is 9.46. The lowest BCUT2D eigenvalue weighted by Gasteiger charge is -2.42. The molecule has 4 N–H and O–H groups in total. The average Bonchev–Trinajstić information content (AvgIpc) is 3.50. The lowest BCUT2D eigenvalue weighted by molar-refractivity contribution is 0.342. The summed E-state index contributed by atoms with van der Waals surface area (Å²) >= 11 is 0. The number of halogens is 1. The Bertz CT molecular complexity index is 1350. The molecule has 0 bridgehead atoms. The van der Waals surface area contributed by atoms with E-state index in [1.807, 2.05) is 47.1 Å². The highest BCUT2D eigenvalue weighted by atomic mass is 19.1. The van der Waals surface area contributed by atoms with Crippen molar-refractivity contribution in [2.45, 2.75) is 24.9 Å². The molecule has 0 spiro atoms. The zero-order valence-corrected chi connectivity index (χ0v) is 19.5. The number of anilines is 2. The van der Waals surface area contributed by atoms with Crippen molar-refractivity contribution < 1.29 is 4.39 Å². The van der Waals surface area contributed by atoms with Crippen LogP contribution in [0.25, 0.3) is 17.0 Å². The van der Waals surface area contributed by atoms with Gasteiger partial charge < -0.3 is 21.3 Å². The molecule has 35 heavy (non-hydrogen) atoms. The normalized spacial score (nSPS) is 19.3. The number of nitrogens with two attached hydrogens (primary N) is 2. The number of nitrogens with zero attached hydrogens (tertiary/aromatic N) is 6. The van der Waals surface area contributed by atoms with Gasteiger partial charge in [-0.1, -0.05) is 18.2 Å². The van der Waals surface area contributed by atoms with Gasteiger partial charge in [0.1, 0.15) is 23.1 Å². The van der Waals surface area contributed by atoms with Gasteiger partial charge in [-0.05, 0) is 54.8 Å². The predicted molar refractivity (Wildman–Crippen MR) is 135 cm³/mol. The average molecular weight is 473 g/mol. The largest absolute Gasteiger partial charge is 0.356 e. The van der Waals surface area contributed by atoms with Gasteiger partial charge in [0.2, 0.25) is 0 Å². The van der Waals surface area contributed by atoms with Crippen LogP contribution in [0.1, 0.15) is 24.4 Å². The molecule has 180 valence electrons. The van der Waals surface area contributed by atoms with Crippen LogP contribution >= 0.6 is 0 Å². The van der Waals surface area contributed by atoms with Gasteiger partial charge in [0.15, 0.2) is 5.65 Å². The molecule has 2 saturated heterocycles. The van der Waals surface area contributed by atoms with Crippen molar-refractivity contribution in [1.29, 1.82) is 0 Å². The Morgan fingerprint density at radius 3 is 2.74 bits per heavy atom. The predicted octanol–water partition coefficient (Wildman–Crippen LogP) is 2.99. The summed E-state index contributed by atoms with van der Waals surface area (Å²) in [7, 11) is 0. The van der Waals surface area contributed by atoms with Gasteiger partial charge in [0, 0.05) is 38.1 Å². The molecule has 2 aliphatic heterocycles. The van der Waals surface area contributed by atoms with E-state index in [9.17, 15) is 4.39 Å². The first kappa shape index (κ1) is 21.9. The first-order chi connectivity index (χ1) is 17.1. The molecule has 6 rings (SSSR count). The van der Waals surface area contributed by atoms with Crippen LogP contribution in [0.5, 0.6) is 0 Å². The minimum atomic E-state index is -0.209. The Kier molecular flexibility index (Phi) is 5.58. The Morgan fingerprint density at radius 2 is 1.91 bits per heavy atom. The van der Waals surface area contributed by atoms with Gasteiger partial charge in [-0.2, -0.15) is 0 Å². The van der Waals surface area contributed by atoms with Gasteiger partial charge in [0.05, 0.1) is 17.9 Å². The summed E-state index contributed by atoms with van der Waals surface area (Å²) in [5, 5.41) is 4.95. The molecule has 0 radical (unpaired) electrons. The Hall–Kier alpha value is -3.56. The van der Waals surface area contributed by atoms with Crippen LogP contribution in [0.4, 0.5) is 16.0 Å². The van der Waals surface area contributed by atoms with E-state index in [4.69, 9.17) is 21.5 Å². The highest BCUT2D eigenvalue weighted by Gasteiger charge is 2.32. The van der Waals surface area contributed by atoms with Crippen LogP contribution in [0.2, 0.25) is 0 Å². The molecule has 0 saturated carbocycles. The van der Waals surface area contributed by atoms with Crippen LogP contribution in [-0.2, 0) is 0 Å². The summed E-state index contributed by atoms with van der Waals surface area (Å²) in [6, 6.07) is 17.0. The van der Waals surface area contributed by atoms with E-state index in [1.165, 1.54) is 6.07 Å². The second-order valence-corrected chi connectivity index (χ2v) is 9.46. The molecule has 0 aliphatic carbocycles. The fourth-order valence-electron chi connectivity index (χ4n) is 5.20. The van der Waals surface area contributed by atoms with Crippen molar-refractivity contribution in [3.05, 3.63) is 72.2 Å². The van der Waals surface area contributed by atoms with E-state index in [0.717, 1.165) is 66.7 Å². The maximum absolute atomic E-state index is 13.9. The van der Waals surface area contributed by atoms with Gasteiger partial charge in [-0.25, -0.2) is 18.9 Å². The summed E-state index contributed by atoms with van der Waals surface area (Å²) in [6.45, 7) is 3.10. The zero-order chi connectivity index (χ0) is 23.9. The summed E-state index contributed by atoms with van der Waals surface area (Å²) in [6.07, 6.45) is 3.82. The summed E-state index contributed by atoms with van der Waals surface area (Å²) in [4.78, 5) is 13.9. The molecule has 0 amide bonds. The fourth-order valence-corrected chi connectivity index (χ4v) is 5.20. The number of fused-ring (bicyclic) bond motifs is 1. The van der Waals surface area contributed by atoms with Crippen molar-refractivity contribution in [3.63, 3.8) is 0 Å². The number of hydrogen-bond donors (Lipinski definition) is 2. The maximum Gasteiger partial charge on any atom is 0.154 e. The monoisotopic (exact) mass is 472 g/mol. The summed E-state index contributed by atoms with van der Waals surface area (Å²) in [5.74, 6) is 1.96. The van der Waals surface area contributed by atoms with Gasteiger partial charge in [0.25, 0.3) is 0 Å². The molecule has 5 heterocycles. The van der Waals surface area contributed by atoms with E-state index in [-0.39, 0.29) is 17.9 Å². The first-order valence-electron chi connectivity index (χ1n) is 12.2. The third kappa shape index (κ3) is 4.00. The SMILES string of the molecule is NCC(N)C1CN(c2cccc(-c3cnc4ccc(N5CCCC5c5cccc(F)c5)nn34)n2)C1. The highest BCUT2D eigenvalue weighted by Crippen LogP contribution is 2.36. The first-order valence-corrected chi connectivity index (χ1v) is 12.2. The maximum atomic E-state index is 13.9. The Labute approximate surface area is 203 Å². The standard InChI is InChI=1S/C26H29FN8/c27-19-5-1-4-17(12-19)22-7-3-11-34(22)26-10-9-24-30-14-23(35(24)32-26)21-6-2-8-25(31-21)33-15-18(16-33)20(29)13-28/h1-2,4-6,8-10,12,14,18,20,22H,3,7,11,13,15-16,28-29H2. The number of pyridine rings is 1. The number of hydrogen-bond acceptors (Lipinski definition) is 7. The van der Waals surface area contributed by atoms with Crippen LogP contribution in [-0.4, -0.2) is 51.8 Å². The smallest absolute Gasteiger partial charge is 0.154 e. The molecular weight excluding hydrogens is 443 g/mol. The van der Waals surface area contributed by atoms with E-state index in [0.29, 0.717) is 12.5 Å².